The number of hydrogen-bond donors (Lipinski definition) is 1. The molecule has 16 heavy (non-hydrogen) atoms. The molecule has 0 radical (unpaired) electrons. The Hall–Kier alpha value is -1.11. The Morgan fingerprint density at radius 2 is 2.25 bits per heavy atom. The van der Waals surface area contributed by atoms with Crippen molar-refractivity contribution in [2.75, 3.05) is 0 Å². The molecule has 2 nitrogen and oxygen atoms in total. The second-order valence-electron chi connectivity index (χ2n) is 3.63. The molecule has 0 bridgehead atoms. The van der Waals surface area contributed by atoms with E-state index in [1.54, 1.807) is 6.07 Å². The lowest BCUT2D eigenvalue weighted by atomic mass is 10.1. The predicted octanol–water partition coefficient (Wildman–Crippen LogP) is 3.26. The molecule has 1 N–H and O–H groups in total. The molecule has 0 aromatic heterocycles. The summed E-state index contributed by atoms with van der Waals surface area (Å²) in [6, 6.07) is 6.70. The molecule has 0 heterocycles. The van der Waals surface area contributed by atoms with Crippen molar-refractivity contribution in [1.29, 1.82) is 5.26 Å². The summed E-state index contributed by atoms with van der Waals surface area (Å²) in [5.74, 6) is -0.336. The molecule has 1 aromatic rings. The van der Waals surface area contributed by atoms with Crippen LogP contribution < -0.4 is 5.32 Å². The highest BCUT2D eigenvalue weighted by Crippen LogP contribution is 2.14. The molecule has 0 aliphatic rings. The van der Waals surface area contributed by atoms with E-state index in [0.717, 1.165) is 12.0 Å². The molecule has 0 aliphatic carbocycles. The molecule has 0 spiro atoms. The highest BCUT2D eigenvalue weighted by Gasteiger charge is 2.05. The fourth-order valence-corrected chi connectivity index (χ4v) is 1.69. The summed E-state index contributed by atoms with van der Waals surface area (Å²) in [6.07, 6.45) is 1.33. The molecule has 1 rings (SSSR count). The fourth-order valence-electron chi connectivity index (χ4n) is 1.45. The van der Waals surface area contributed by atoms with E-state index < -0.39 is 0 Å². The average molecular weight is 241 g/mol. The van der Waals surface area contributed by atoms with E-state index in [9.17, 15) is 4.39 Å². The molecular formula is C12H14ClFN2. The Morgan fingerprint density at radius 3 is 2.81 bits per heavy atom. The van der Waals surface area contributed by atoms with Crippen LogP contribution in [-0.2, 0) is 6.54 Å². The van der Waals surface area contributed by atoms with Crippen LogP contribution in [0.2, 0.25) is 5.02 Å². The minimum Gasteiger partial charge on any atom is -0.309 e. The maximum absolute atomic E-state index is 13.0. The van der Waals surface area contributed by atoms with Crippen LogP contribution in [0.1, 0.15) is 25.3 Å². The number of nitrogens with zero attached hydrogens (tertiary/aromatic N) is 1. The highest BCUT2D eigenvalue weighted by atomic mass is 35.5. The molecular weight excluding hydrogens is 227 g/mol. The van der Waals surface area contributed by atoms with Gasteiger partial charge >= 0.3 is 0 Å². The van der Waals surface area contributed by atoms with Crippen molar-refractivity contribution in [1.82, 2.24) is 5.32 Å². The zero-order valence-electron chi connectivity index (χ0n) is 9.13. The van der Waals surface area contributed by atoms with E-state index >= 15 is 0 Å². The van der Waals surface area contributed by atoms with Crippen molar-refractivity contribution in [3.05, 3.63) is 34.6 Å². The summed E-state index contributed by atoms with van der Waals surface area (Å²) in [4.78, 5) is 0. The Kier molecular flexibility index (Phi) is 5.24. The fraction of sp³-hybridized carbons (Fsp3) is 0.417. The van der Waals surface area contributed by atoms with Gasteiger partial charge in [-0.15, -0.1) is 0 Å². The molecule has 0 saturated heterocycles. The molecule has 0 saturated carbocycles. The van der Waals surface area contributed by atoms with Crippen LogP contribution in [0.4, 0.5) is 4.39 Å². The summed E-state index contributed by atoms with van der Waals surface area (Å²) in [6.45, 7) is 2.53. The van der Waals surface area contributed by atoms with Crippen LogP contribution in [0, 0.1) is 17.1 Å². The van der Waals surface area contributed by atoms with Crippen molar-refractivity contribution in [2.24, 2.45) is 0 Å². The number of halogens is 2. The largest absolute Gasteiger partial charge is 0.309 e. The van der Waals surface area contributed by atoms with E-state index in [1.165, 1.54) is 12.1 Å². The number of nitriles is 1. The first-order valence-electron chi connectivity index (χ1n) is 5.21. The number of nitrogens with one attached hydrogen (secondary N) is 1. The van der Waals surface area contributed by atoms with Gasteiger partial charge in [0, 0.05) is 17.6 Å². The quantitative estimate of drug-likeness (QED) is 0.858. The number of benzene rings is 1. The molecule has 1 atom stereocenters. The summed E-state index contributed by atoms with van der Waals surface area (Å²) in [5, 5.41) is 12.2. The van der Waals surface area contributed by atoms with Gasteiger partial charge in [0.25, 0.3) is 0 Å². The Balaban J connectivity index is 2.57. The van der Waals surface area contributed by atoms with Crippen LogP contribution in [0.15, 0.2) is 18.2 Å². The first-order chi connectivity index (χ1) is 7.65. The first kappa shape index (κ1) is 13.0. The Bertz CT molecular complexity index is 367. The van der Waals surface area contributed by atoms with Gasteiger partial charge < -0.3 is 5.32 Å². The maximum atomic E-state index is 13.0. The molecule has 0 fully saturated rings. The molecule has 0 amide bonds. The normalized spacial score (nSPS) is 12.1. The van der Waals surface area contributed by atoms with Crippen LogP contribution >= 0.6 is 11.6 Å². The third-order valence-corrected chi connectivity index (χ3v) is 2.57. The lowest BCUT2D eigenvalue weighted by molar-refractivity contribution is 0.503. The average Bonchev–Trinajstić information content (AvgIpc) is 2.23. The maximum Gasteiger partial charge on any atom is 0.125 e. The van der Waals surface area contributed by atoms with Crippen molar-refractivity contribution < 1.29 is 4.39 Å². The number of rotatable bonds is 5. The zero-order valence-corrected chi connectivity index (χ0v) is 9.89. The van der Waals surface area contributed by atoms with Gasteiger partial charge in [0.05, 0.1) is 12.5 Å². The van der Waals surface area contributed by atoms with Gasteiger partial charge in [-0.1, -0.05) is 18.5 Å². The molecule has 4 heteroatoms. The summed E-state index contributed by atoms with van der Waals surface area (Å²) >= 11 is 5.74. The van der Waals surface area contributed by atoms with E-state index in [4.69, 9.17) is 16.9 Å². The van der Waals surface area contributed by atoms with Crippen LogP contribution in [0.25, 0.3) is 0 Å². The minimum atomic E-state index is -0.336. The minimum absolute atomic E-state index is 0.145. The lowest BCUT2D eigenvalue weighted by Gasteiger charge is -2.13. The van der Waals surface area contributed by atoms with Crippen molar-refractivity contribution in [2.45, 2.75) is 32.4 Å². The van der Waals surface area contributed by atoms with E-state index in [1.807, 2.05) is 6.92 Å². The second-order valence-corrected chi connectivity index (χ2v) is 4.06. The highest BCUT2D eigenvalue weighted by molar-refractivity contribution is 6.30. The van der Waals surface area contributed by atoms with Gasteiger partial charge in [-0.25, -0.2) is 4.39 Å². The molecule has 86 valence electrons. The second kappa shape index (κ2) is 6.47. The van der Waals surface area contributed by atoms with Crippen molar-refractivity contribution in [3.8, 4) is 6.07 Å². The SMILES string of the molecule is CCC(CC#N)NCc1cc(F)cc(Cl)c1. The Morgan fingerprint density at radius 1 is 1.50 bits per heavy atom. The summed E-state index contributed by atoms with van der Waals surface area (Å²) in [7, 11) is 0. The standard InChI is InChI=1S/C12H14ClFN2/c1-2-12(3-4-15)16-8-9-5-10(13)7-11(14)6-9/h5-7,12,16H,2-3,8H2,1H3. The summed E-state index contributed by atoms with van der Waals surface area (Å²) in [5.41, 5.74) is 0.793. The van der Waals surface area contributed by atoms with Gasteiger partial charge in [-0.05, 0) is 30.2 Å². The third-order valence-electron chi connectivity index (χ3n) is 2.35. The van der Waals surface area contributed by atoms with Gasteiger partial charge in [0.2, 0.25) is 0 Å². The monoisotopic (exact) mass is 240 g/mol. The summed E-state index contributed by atoms with van der Waals surface area (Å²) < 4.78 is 13.0. The number of hydrogen-bond acceptors (Lipinski definition) is 2. The Labute approximate surface area is 100 Å². The van der Waals surface area contributed by atoms with E-state index in [0.29, 0.717) is 18.0 Å². The molecule has 1 unspecified atom stereocenters. The predicted molar refractivity (Wildman–Crippen MR) is 62.6 cm³/mol. The van der Waals surface area contributed by atoms with Crippen LogP contribution in [0.5, 0.6) is 0 Å². The first-order valence-corrected chi connectivity index (χ1v) is 5.58. The van der Waals surface area contributed by atoms with Crippen molar-refractivity contribution >= 4 is 11.6 Å². The van der Waals surface area contributed by atoms with Gasteiger partial charge in [0.1, 0.15) is 5.82 Å². The topological polar surface area (TPSA) is 35.8 Å². The smallest absolute Gasteiger partial charge is 0.125 e. The molecule has 1 aromatic carbocycles. The van der Waals surface area contributed by atoms with E-state index in [-0.39, 0.29) is 11.9 Å². The molecule has 0 aliphatic heterocycles. The van der Waals surface area contributed by atoms with Gasteiger partial charge in [0.15, 0.2) is 0 Å². The van der Waals surface area contributed by atoms with Crippen LogP contribution in [-0.4, -0.2) is 6.04 Å². The van der Waals surface area contributed by atoms with E-state index in [2.05, 4.69) is 11.4 Å². The van der Waals surface area contributed by atoms with Gasteiger partial charge in [-0.3, -0.25) is 0 Å². The van der Waals surface area contributed by atoms with Gasteiger partial charge in [-0.2, -0.15) is 5.26 Å². The lowest BCUT2D eigenvalue weighted by Crippen LogP contribution is -2.27. The van der Waals surface area contributed by atoms with Crippen LogP contribution in [0.3, 0.4) is 0 Å². The zero-order chi connectivity index (χ0) is 12.0. The van der Waals surface area contributed by atoms with Crippen molar-refractivity contribution in [3.63, 3.8) is 0 Å². The third kappa shape index (κ3) is 4.18.